The van der Waals surface area contributed by atoms with Crippen molar-refractivity contribution in [1.82, 2.24) is 9.78 Å². The number of alkyl halides is 2. The van der Waals surface area contributed by atoms with Gasteiger partial charge in [-0.25, -0.2) is 18.3 Å². The molecule has 1 aliphatic heterocycles. The third-order valence-electron chi connectivity index (χ3n) is 2.87. The van der Waals surface area contributed by atoms with E-state index in [0.717, 1.165) is 0 Å². The number of carbonyl (C=O) groups excluding carboxylic acids is 1. The second-order valence-corrected chi connectivity index (χ2v) is 4.25. The van der Waals surface area contributed by atoms with Crippen molar-refractivity contribution in [3.05, 3.63) is 11.8 Å². The maximum absolute atomic E-state index is 12.9. The number of ether oxygens (including phenoxy) is 1. The fraction of sp³-hybridized carbons (Fsp3) is 0.636. The molecule has 0 aromatic carbocycles. The van der Waals surface area contributed by atoms with Crippen molar-refractivity contribution in [2.45, 2.75) is 38.8 Å². The standard InChI is InChI=1S/C11H15F2N3O2/c1-3-18-11(17)7-5-14-16-8(9(12)13)4-6(2)15-10(7)16/h5-6,8-9,15H,3-4H2,1-2H3. The van der Waals surface area contributed by atoms with Gasteiger partial charge in [0, 0.05) is 6.04 Å². The molecule has 1 N–H and O–H groups in total. The average molecular weight is 259 g/mol. The lowest BCUT2D eigenvalue weighted by atomic mass is 10.1. The summed E-state index contributed by atoms with van der Waals surface area (Å²) in [6.45, 7) is 3.71. The third kappa shape index (κ3) is 2.16. The number of nitrogens with zero attached hydrogens (tertiary/aromatic N) is 2. The van der Waals surface area contributed by atoms with Crippen molar-refractivity contribution in [1.29, 1.82) is 0 Å². The average Bonchev–Trinajstić information content (AvgIpc) is 2.71. The van der Waals surface area contributed by atoms with Gasteiger partial charge in [-0.2, -0.15) is 5.10 Å². The number of hydrogen-bond donors (Lipinski definition) is 1. The van der Waals surface area contributed by atoms with Crippen LogP contribution in [0.5, 0.6) is 0 Å². The number of aromatic nitrogens is 2. The van der Waals surface area contributed by atoms with Gasteiger partial charge in [-0.05, 0) is 20.3 Å². The summed E-state index contributed by atoms with van der Waals surface area (Å²) in [7, 11) is 0. The van der Waals surface area contributed by atoms with E-state index in [9.17, 15) is 13.6 Å². The minimum absolute atomic E-state index is 0.138. The molecule has 0 aliphatic carbocycles. The van der Waals surface area contributed by atoms with Crippen molar-refractivity contribution < 1.29 is 18.3 Å². The molecular weight excluding hydrogens is 244 g/mol. The van der Waals surface area contributed by atoms with E-state index >= 15 is 0 Å². The van der Waals surface area contributed by atoms with Crippen molar-refractivity contribution in [3.8, 4) is 0 Å². The second kappa shape index (κ2) is 4.91. The van der Waals surface area contributed by atoms with Crippen LogP contribution in [0.2, 0.25) is 0 Å². The molecule has 0 saturated carbocycles. The summed E-state index contributed by atoms with van der Waals surface area (Å²) in [5.74, 6) is -0.231. The van der Waals surface area contributed by atoms with Gasteiger partial charge >= 0.3 is 5.97 Å². The highest BCUT2D eigenvalue weighted by Gasteiger charge is 2.34. The smallest absolute Gasteiger partial charge is 0.343 e. The SMILES string of the molecule is CCOC(=O)c1cnn2c1NC(C)CC2C(F)F. The van der Waals surface area contributed by atoms with Crippen LogP contribution in [0, 0.1) is 0 Å². The van der Waals surface area contributed by atoms with Crippen LogP contribution >= 0.6 is 0 Å². The highest BCUT2D eigenvalue weighted by Crippen LogP contribution is 2.33. The highest BCUT2D eigenvalue weighted by atomic mass is 19.3. The lowest BCUT2D eigenvalue weighted by molar-refractivity contribution is 0.0522. The monoisotopic (exact) mass is 259 g/mol. The first-order valence-corrected chi connectivity index (χ1v) is 5.84. The molecular formula is C11H15F2N3O2. The molecule has 0 fully saturated rings. The molecule has 0 radical (unpaired) electrons. The topological polar surface area (TPSA) is 56.1 Å². The van der Waals surface area contributed by atoms with E-state index in [4.69, 9.17) is 4.74 Å². The summed E-state index contributed by atoms with van der Waals surface area (Å²) in [6.07, 6.45) is -0.967. The molecule has 2 unspecified atom stereocenters. The molecule has 0 saturated heterocycles. The zero-order chi connectivity index (χ0) is 13.3. The predicted octanol–water partition coefficient (Wildman–Crippen LogP) is 2.07. The van der Waals surface area contributed by atoms with Gasteiger partial charge in [0.15, 0.2) is 0 Å². The Kier molecular flexibility index (Phi) is 3.49. The Hall–Kier alpha value is -1.66. The minimum atomic E-state index is -2.51. The first-order chi connectivity index (χ1) is 8.54. The van der Waals surface area contributed by atoms with Gasteiger partial charge in [-0.3, -0.25) is 0 Å². The van der Waals surface area contributed by atoms with E-state index in [2.05, 4.69) is 10.4 Å². The number of nitrogens with one attached hydrogen (secondary N) is 1. The van der Waals surface area contributed by atoms with Crippen molar-refractivity contribution >= 4 is 11.8 Å². The summed E-state index contributed by atoms with van der Waals surface area (Å²) in [4.78, 5) is 11.7. The van der Waals surface area contributed by atoms with Crippen LogP contribution < -0.4 is 5.32 Å². The lowest BCUT2D eigenvalue weighted by Gasteiger charge is -2.30. The van der Waals surface area contributed by atoms with Crippen LogP contribution in [0.15, 0.2) is 6.20 Å². The van der Waals surface area contributed by atoms with Crippen LogP contribution in [0.3, 0.4) is 0 Å². The third-order valence-corrected chi connectivity index (χ3v) is 2.87. The van der Waals surface area contributed by atoms with Crippen molar-refractivity contribution in [2.24, 2.45) is 0 Å². The zero-order valence-electron chi connectivity index (χ0n) is 10.2. The fourth-order valence-electron chi connectivity index (χ4n) is 2.08. The number of anilines is 1. The van der Waals surface area contributed by atoms with Gasteiger partial charge in [-0.1, -0.05) is 0 Å². The van der Waals surface area contributed by atoms with Gasteiger partial charge in [0.2, 0.25) is 0 Å². The van der Waals surface area contributed by atoms with E-state index < -0.39 is 18.4 Å². The van der Waals surface area contributed by atoms with Gasteiger partial charge < -0.3 is 10.1 Å². The maximum Gasteiger partial charge on any atom is 0.343 e. The van der Waals surface area contributed by atoms with Crippen LogP contribution in [-0.2, 0) is 4.74 Å². The molecule has 1 aromatic heterocycles. The Balaban J connectivity index is 2.36. The summed E-state index contributed by atoms with van der Waals surface area (Å²) in [5.41, 5.74) is 0.203. The molecule has 5 nitrogen and oxygen atoms in total. The zero-order valence-corrected chi connectivity index (χ0v) is 10.2. The molecule has 18 heavy (non-hydrogen) atoms. The molecule has 2 rings (SSSR count). The Morgan fingerprint density at radius 1 is 1.72 bits per heavy atom. The maximum atomic E-state index is 12.9. The van der Waals surface area contributed by atoms with Gasteiger partial charge in [0.05, 0.1) is 12.8 Å². The second-order valence-electron chi connectivity index (χ2n) is 4.25. The van der Waals surface area contributed by atoms with E-state index in [1.807, 2.05) is 0 Å². The first kappa shape index (κ1) is 12.8. The molecule has 7 heteroatoms. The van der Waals surface area contributed by atoms with Crippen LogP contribution in [-0.4, -0.2) is 34.8 Å². The number of halogens is 2. The predicted molar refractivity (Wildman–Crippen MR) is 60.9 cm³/mol. The van der Waals surface area contributed by atoms with Crippen LogP contribution in [0.4, 0.5) is 14.6 Å². The number of carbonyl (C=O) groups is 1. The number of fused-ring (bicyclic) bond motifs is 1. The summed E-state index contributed by atoms with van der Waals surface area (Å²) >= 11 is 0. The molecule has 2 heterocycles. The van der Waals surface area contributed by atoms with E-state index in [-0.39, 0.29) is 24.6 Å². The Morgan fingerprint density at radius 2 is 2.44 bits per heavy atom. The highest BCUT2D eigenvalue weighted by molar-refractivity contribution is 5.94. The lowest BCUT2D eigenvalue weighted by Crippen LogP contribution is -2.34. The summed E-state index contributed by atoms with van der Waals surface area (Å²) < 4.78 is 31.9. The Labute approximate surface area is 103 Å². The largest absolute Gasteiger partial charge is 0.462 e. The van der Waals surface area contributed by atoms with E-state index in [1.54, 1.807) is 13.8 Å². The molecule has 0 amide bonds. The molecule has 2 atom stereocenters. The number of hydrogen-bond acceptors (Lipinski definition) is 4. The molecule has 0 bridgehead atoms. The van der Waals surface area contributed by atoms with Gasteiger partial charge in [0.1, 0.15) is 17.4 Å². The van der Waals surface area contributed by atoms with Gasteiger partial charge in [-0.15, -0.1) is 0 Å². The van der Waals surface area contributed by atoms with Crippen molar-refractivity contribution in [3.63, 3.8) is 0 Å². The fourth-order valence-corrected chi connectivity index (χ4v) is 2.08. The summed E-state index contributed by atoms with van der Waals surface area (Å²) in [5, 5.41) is 6.87. The van der Waals surface area contributed by atoms with Crippen molar-refractivity contribution in [2.75, 3.05) is 11.9 Å². The molecule has 1 aromatic rings. The normalized spacial score (nSPS) is 22.5. The molecule has 0 spiro atoms. The number of rotatable bonds is 3. The van der Waals surface area contributed by atoms with E-state index in [1.165, 1.54) is 10.9 Å². The van der Waals surface area contributed by atoms with E-state index in [0.29, 0.717) is 5.82 Å². The Bertz CT molecular complexity index is 447. The van der Waals surface area contributed by atoms with Crippen LogP contribution in [0.1, 0.15) is 36.7 Å². The molecule has 1 aliphatic rings. The van der Waals surface area contributed by atoms with Gasteiger partial charge in [0.25, 0.3) is 6.43 Å². The Morgan fingerprint density at radius 3 is 3.06 bits per heavy atom. The molecule has 100 valence electrons. The minimum Gasteiger partial charge on any atom is -0.462 e. The number of esters is 1. The van der Waals surface area contributed by atoms with Crippen LogP contribution in [0.25, 0.3) is 0 Å². The summed E-state index contributed by atoms with van der Waals surface area (Å²) in [6, 6.07) is -1.14. The first-order valence-electron chi connectivity index (χ1n) is 5.84. The quantitative estimate of drug-likeness (QED) is 0.844.